The first-order chi connectivity index (χ1) is 13.3. The monoisotopic (exact) mass is 380 g/mol. The largest absolute Gasteiger partial charge is 0.497 e. The fourth-order valence-electron chi connectivity index (χ4n) is 3.81. The maximum Gasteiger partial charge on any atom is 0.317 e. The average Bonchev–Trinajstić information content (AvgIpc) is 3.36. The second kappa shape index (κ2) is 8.01. The molecule has 1 fully saturated rings. The van der Waals surface area contributed by atoms with Gasteiger partial charge in [-0.1, -0.05) is 30.3 Å². The first-order valence-electron chi connectivity index (χ1n) is 9.40. The van der Waals surface area contributed by atoms with Crippen molar-refractivity contribution in [3.63, 3.8) is 0 Å². The van der Waals surface area contributed by atoms with E-state index < -0.39 is 0 Å². The zero-order chi connectivity index (χ0) is 18.6. The number of benzene rings is 2. The minimum Gasteiger partial charge on any atom is -0.497 e. The summed E-state index contributed by atoms with van der Waals surface area (Å²) in [5, 5.41) is 6.62. The highest BCUT2D eigenvalue weighted by Gasteiger charge is 2.29. The number of amides is 2. The van der Waals surface area contributed by atoms with Gasteiger partial charge in [-0.15, -0.1) is 11.3 Å². The van der Waals surface area contributed by atoms with E-state index in [4.69, 9.17) is 4.74 Å². The predicted octanol–water partition coefficient (Wildman–Crippen LogP) is 5.00. The fraction of sp³-hybridized carbons (Fsp3) is 0.318. The van der Waals surface area contributed by atoms with Crippen molar-refractivity contribution in [2.75, 3.05) is 20.2 Å². The third-order valence-corrected chi connectivity index (χ3v) is 6.26. The molecular formula is C22H24N2O2S. The number of fused-ring (bicyclic) bond motifs is 1. The maximum atomic E-state index is 12.7. The van der Waals surface area contributed by atoms with Gasteiger partial charge in [-0.2, -0.15) is 0 Å². The van der Waals surface area contributed by atoms with Crippen LogP contribution >= 0.6 is 11.3 Å². The standard InChI is InChI=1S/C22H24N2O2S/c1-26-18-10-8-16(9-11-18)20-6-4-14-24(20)22(25)23-13-12-17-15-27-21-7-3-2-5-19(17)21/h2-3,5,7-11,15,20H,4,6,12-14H2,1H3,(H,23,25). The van der Waals surface area contributed by atoms with Crippen LogP contribution in [0.3, 0.4) is 0 Å². The van der Waals surface area contributed by atoms with Crippen molar-refractivity contribution < 1.29 is 9.53 Å². The highest BCUT2D eigenvalue weighted by molar-refractivity contribution is 7.17. The van der Waals surface area contributed by atoms with Gasteiger partial charge in [0.15, 0.2) is 0 Å². The van der Waals surface area contributed by atoms with Crippen LogP contribution in [-0.4, -0.2) is 31.1 Å². The molecule has 0 spiro atoms. The number of likely N-dealkylation sites (tertiary alicyclic amines) is 1. The zero-order valence-electron chi connectivity index (χ0n) is 15.5. The molecule has 4 nitrogen and oxygen atoms in total. The van der Waals surface area contributed by atoms with E-state index in [-0.39, 0.29) is 12.1 Å². The molecule has 3 aromatic rings. The Bertz CT molecular complexity index is 919. The van der Waals surface area contributed by atoms with Gasteiger partial charge in [-0.25, -0.2) is 4.79 Å². The SMILES string of the molecule is COc1ccc(C2CCCN2C(=O)NCCc2csc3ccccc23)cc1. The summed E-state index contributed by atoms with van der Waals surface area (Å²) in [7, 11) is 1.67. The normalized spacial score (nSPS) is 16.6. The van der Waals surface area contributed by atoms with Crippen LogP contribution in [0.2, 0.25) is 0 Å². The summed E-state index contributed by atoms with van der Waals surface area (Å²) in [6.45, 7) is 1.47. The number of urea groups is 1. The number of hydrogen-bond donors (Lipinski definition) is 1. The Labute approximate surface area is 163 Å². The molecule has 1 aromatic heterocycles. The molecule has 1 saturated heterocycles. The third-order valence-electron chi connectivity index (χ3n) is 5.25. The molecule has 2 amide bonds. The molecule has 1 atom stereocenters. The number of ether oxygens (including phenoxy) is 1. The van der Waals surface area contributed by atoms with Crippen LogP contribution < -0.4 is 10.1 Å². The zero-order valence-corrected chi connectivity index (χ0v) is 16.3. The van der Waals surface area contributed by atoms with Crippen molar-refractivity contribution in [2.24, 2.45) is 0 Å². The van der Waals surface area contributed by atoms with Crippen molar-refractivity contribution in [1.29, 1.82) is 0 Å². The van der Waals surface area contributed by atoms with Crippen molar-refractivity contribution in [1.82, 2.24) is 10.2 Å². The second-order valence-corrected chi connectivity index (χ2v) is 7.77. The van der Waals surface area contributed by atoms with Gasteiger partial charge in [0.1, 0.15) is 5.75 Å². The third kappa shape index (κ3) is 3.78. The molecule has 27 heavy (non-hydrogen) atoms. The average molecular weight is 381 g/mol. The molecule has 140 valence electrons. The summed E-state index contributed by atoms with van der Waals surface area (Å²) in [5.41, 5.74) is 2.48. The van der Waals surface area contributed by atoms with E-state index in [9.17, 15) is 4.79 Å². The van der Waals surface area contributed by atoms with Crippen molar-refractivity contribution >= 4 is 27.5 Å². The van der Waals surface area contributed by atoms with Crippen LogP contribution in [0.25, 0.3) is 10.1 Å². The molecule has 4 rings (SSSR count). The summed E-state index contributed by atoms with van der Waals surface area (Å²) < 4.78 is 6.54. The van der Waals surface area contributed by atoms with Gasteiger partial charge in [0.2, 0.25) is 0 Å². The van der Waals surface area contributed by atoms with Gasteiger partial charge in [0, 0.05) is 17.8 Å². The number of methoxy groups -OCH3 is 1. The number of nitrogens with zero attached hydrogens (tertiary/aromatic N) is 1. The van der Waals surface area contributed by atoms with Gasteiger partial charge >= 0.3 is 6.03 Å². The molecule has 0 saturated carbocycles. The lowest BCUT2D eigenvalue weighted by molar-refractivity contribution is 0.193. The lowest BCUT2D eigenvalue weighted by Gasteiger charge is -2.25. The molecule has 1 aliphatic heterocycles. The predicted molar refractivity (Wildman–Crippen MR) is 111 cm³/mol. The van der Waals surface area contributed by atoms with Gasteiger partial charge < -0.3 is 15.0 Å². The molecule has 2 heterocycles. The number of carbonyl (C=O) groups excluding carboxylic acids is 1. The first kappa shape index (κ1) is 17.9. The van der Waals surface area contributed by atoms with Crippen molar-refractivity contribution in [2.45, 2.75) is 25.3 Å². The van der Waals surface area contributed by atoms with Crippen molar-refractivity contribution in [3.05, 3.63) is 65.0 Å². The molecule has 0 bridgehead atoms. The Morgan fingerprint density at radius 2 is 2.04 bits per heavy atom. The van der Waals surface area contributed by atoms with E-state index in [2.05, 4.69) is 47.1 Å². The Balaban J connectivity index is 1.37. The maximum absolute atomic E-state index is 12.7. The molecule has 2 aromatic carbocycles. The minimum atomic E-state index is 0.0350. The highest BCUT2D eigenvalue weighted by Crippen LogP contribution is 2.32. The van der Waals surface area contributed by atoms with E-state index in [0.717, 1.165) is 31.6 Å². The summed E-state index contributed by atoms with van der Waals surface area (Å²) >= 11 is 1.77. The highest BCUT2D eigenvalue weighted by atomic mass is 32.1. The van der Waals surface area contributed by atoms with Crippen LogP contribution in [-0.2, 0) is 6.42 Å². The van der Waals surface area contributed by atoms with Gasteiger partial charge in [-0.3, -0.25) is 0 Å². The number of hydrogen-bond acceptors (Lipinski definition) is 3. The molecule has 1 aliphatic rings. The number of nitrogens with one attached hydrogen (secondary N) is 1. The Morgan fingerprint density at radius 1 is 1.22 bits per heavy atom. The Morgan fingerprint density at radius 3 is 2.85 bits per heavy atom. The number of carbonyl (C=O) groups is 1. The summed E-state index contributed by atoms with van der Waals surface area (Å²) in [6.07, 6.45) is 2.91. The van der Waals surface area contributed by atoms with Gasteiger partial charge in [0.25, 0.3) is 0 Å². The van der Waals surface area contributed by atoms with Gasteiger partial charge in [-0.05, 0) is 59.4 Å². The Kier molecular flexibility index (Phi) is 5.30. The first-order valence-corrected chi connectivity index (χ1v) is 10.3. The van der Waals surface area contributed by atoms with Gasteiger partial charge in [0.05, 0.1) is 13.2 Å². The summed E-state index contributed by atoms with van der Waals surface area (Å²) in [6, 6.07) is 16.7. The fourth-order valence-corrected chi connectivity index (χ4v) is 4.81. The number of rotatable bonds is 5. The van der Waals surface area contributed by atoms with Crippen LogP contribution in [0.4, 0.5) is 4.79 Å². The molecule has 5 heteroatoms. The molecule has 1 N–H and O–H groups in total. The molecule has 0 aliphatic carbocycles. The van der Waals surface area contributed by atoms with E-state index in [0.29, 0.717) is 6.54 Å². The summed E-state index contributed by atoms with van der Waals surface area (Å²) in [4.78, 5) is 14.7. The van der Waals surface area contributed by atoms with E-state index >= 15 is 0 Å². The Hall–Kier alpha value is -2.53. The lowest BCUT2D eigenvalue weighted by atomic mass is 10.0. The minimum absolute atomic E-state index is 0.0350. The molecular weight excluding hydrogens is 356 g/mol. The lowest BCUT2D eigenvalue weighted by Crippen LogP contribution is -2.40. The topological polar surface area (TPSA) is 41.6 Å². The summed E-state index contributed by atoms with van der Waals surface area (Å²) in [5.74, 6) is 0.843. The van der Waals surface area contributed by atoms with E-state index in [1.165, 1.54) is 21.2 Å². The van der Waals surface area contributed by atoms with E-state index in [1.54, 1.807) is 18.4 Å². The molecule has 0 radical (unpaired) electrons. The van der Waals surface area contributed by atoms with Crippen LogP contribution in [0, 0.1) is 0 Å². The van der Waals surface area contributed by atoms with Crippen LogP contribution in [0.1, 0.15) is 30.0 Å². The quantitative estimate of drug-likeness (QED) is 0.677. The number of thiophene rings is 1. The van der Waals surface area contributed by atoms with Crippen LogP contribution in [0.5, 0.6) is 5.75 Å². The van der Waals surface area contributed by atoms with Crippen LogP contribution in [0.15, 0.2) is 53.9 Å². The van der Waals surface area contributed by atoms with E-state index in [1.807, 2.05) is 17.0 Å². The molecule has 1 unspecified atom stereocenters. The smallest absolute Gasteiger partial charge is 0.317 e. The van der Waals surface area contributed by atoms with Crippen molar-refractivity contribution in [3.8, 4) is 5.75 Å². The second-order valence-electron chi connectivity index (χ2n) is 6.86.